The molecule has 0 aliphatic carbocycles. The lowest BCUT2D eigenvalue weighted by Gasteiger charge is -2.37. The molecule has 0 aliphatic heterocycles. The quantitative estimate of drug-likeness (QED) is 0.110. The molecule has 27 heteroatoms. The summed E-state index contributed by atoms with van der Waals surface area (Å²) in [5.74, 6) is -61.0. The molecule has 2 amide bonds. The zero-order valence-corrected chi connectivity index (χ0v) is 22.3. The molecule has 0 aliphatic rings. The van der Waals surface area contributed by atoms with Gasteiger partial charge in [-0.25, -0.2) is 0 Å². The van der Waals surface area contributed by atoms with Crippen LogP contribution in [-0.4, -0.2) is 97.7 Å². The van der Waals surface area contributed by atoms with Crippen molar-refractivity contribution >= 4 is 11.8 Å². The number of hydrogen-bond acceptors (Lipinski definition) is 3. The van der Waals surface area contributed by atoms with Crippen LogP contribution in [0.2, 0.25) is 0 Å². The Bertz CT molecular complexity index is 987. The van der Waals surface area contributed by atoms with E-state index < -0.39 is 123 Å². The highest BCUT2D eigenvalue weighted by atomic mass is 19.4. The van der Waals surface area contributed by atoms with Gasteiger partial charge < -0.3 is 16.0 Å². The highest BCUT2D eigenvalue weighted by molar-refractivity contribution is 5.76. The molecule has 0 aromatic heterocycles. The second-order valence-corrected chi connectivity index (χ2v) is 9.30. The van der Waals surface area contributed by atoms with Crippen molar-refractivity contribution in [3.63, 3.8) is 0 Å². The maximum Gasteiger partial charge on any atom is 0.460 e. The van der Waals surface area contributed by atoms with Crippen LogP contribution >= 0.6 is 0 Å². The van der Waals surface area contributed by atoms with Gasteiger partial charge in [-0.15, -0.1) is 0 Å². The Hall–Kier alpha value is -2.64. The van der Waals surface area contributed by atoms with Crippen LogP contribution in [-0.2, 0) is 9.59 Å². The van der Waals surface area contributed by atoms with Crippen LogP contribution in [0.5, 0.6) is 0 Å². The monoisotopic (exact) mass is 751 g/mol. The number of nitrogens with one attached hydrogen (secondary N) is 3. The predicted octanol–water partition coefficient (Wildman–Crippen LogP) is 6.58. The summed E-state index contributed by atoms with van der Waals surface area (Å²) >= 11 is 0. The predicted molar refractivity (Wildman–Crippen MR) is 109 cm³/mol. The van der Waals surface area contributed by atoms with Crippen LogP contribution in [0.3, 0.4) is 0 Å². The number of amides is 2. The highest BCUT2D eigenvalue weighted by Crippen LogP contribution is 2.59. The van der Waals surface area contributed by atoms with Gasteiger partial charge >= 0.3 is 59.7 Å². The molecule has 3 N–H and O–H groups in total. The van der Waals surface area contributed by atoms with Gasteiger partial charge in [-0.2, -0.15) is 96.6 Å². The Balaban J connectivity index is 4.74. The van der Waals surface area contributed by atoms with Gasteiger partial charge in [0, 0.05) is 51.9 Å². The van der Waals surface area contributed by atoms with E-state index >= 15 is 0 Å². The fourth-order valence-electron chi connectivity index (χ4n) is 2.95. The summed E-state index contributed by atoms with van der Waals surface area (Å²) in [6.07, 6.45) is -23.7. The molecule has 0 fully saturated rings. The molecule has 0 unspecified atom stereocenters. The molecule has 0 aromatic carbocycles. The average molecular weight is 751 g/mol. The van der Waals surface area contributed by atoms with E-state index in [-0.39, 0.29) is 0 Å². The number of hydrogen-bond donors (Lipinski definition) is 3. The minimum Gasteiger partial charge on any atom is -0.355 e. The third-order valence-electron chi connectivity index (χ3n) is 5.79. The van der Waals surface area contributed by atoms with Crippen molar-refractivity contribution in [1.29, 1.82) is 0 Å². The smallest absolute Gasteiger partial charge is 0.355 e. The molecule has 5 nitrogen and oxygen atoms in total. The van der Waals surface area contributed by atoms with Crippen molar-refractivity contribution in [3.05, 3.63) is 0 Å². The van der Waals surface area contributed by atoms with E-state index in [0.717, 1.165) is 0 Å². The molecule has 0 spiro atoms. The minimum atomic E-state index is -7.66. The summed E-state index contributed by atoms with van der Waals surface area (Å²) in [6, 6.07) is 0. The van der Waals surface area contributed by atoms with Crippen molar-refractivity contribution in [3.8, 4) is 0 Å². The third-order valence-corrected chi connectivity index (χ3v) is 5.79. The zero-order valence-electron chi connectivity index (χ0n) is 22.3. The molecular formula is C20H19F22N3O2. The van der Waals surface area contributed by atoms with E-state index in [1.54, 1.807) is 10.6 Å². The van der Waals surface area contributed by atoms with Crippen LogP contribution in [0.1, 0.15) is 25.7 Å². The standard InChI is InChI=1S/C20H19F22N3O2/c21-11(22,13(25,26)15(29,30)17(33,34)19(37,38)39)3-1-9(46)44-7-5-43-6-8-45-10(47)2-4-12(23,24)14(27,28)16(31,32)18(35,36)20(40,41)42/h43H,1-8H2,(H,44,46)(H,45,47). The van der Waals surface area contributed by atoms with Crippen LogP contribution in [0, 0.1) is 0 Å². The number of rotatable bonds is 18. The van der Waals surface area contributed by atoms with E-state index in [2.05, 4.69) is 5.32 Å². The van der Waals surface area contributed by atoms with Gasteiger partial charge in [-0.05, 0) is 0 Å². The summed E-state index contributed by atoms with van der Waals surface area (Å²) in [6.45, 7) is -2.24. The molecule has 0 aromatic rings. The molecule has 280 valence electrons. The van der Waals surface area contributed by atoms with Crippen molar-refractivity contribution in [2.24, 2.45) is 0 Å². The first-order valence-electron chi connectivity index (χ1n) is 11.9. The van der Waals surface area contributed by atoms with Crippen molar-refractivity contribution < 1.29 is 106 Å². The summed E-state index contributed by atoms with van der Waals surface area (Å²) in [7, 11) is 0. The second-order valence-electron chi connectivity index (χ2n) is 9.30. The SMILES string of the molecule is O=C(CCC(F)(F)C(F)(F)C(F)(F)C(F)(F)C(F)(F)F)NCCNCCNC(=O)CCC(F)(F)C(F)(F)C(F)(F)C(F)(F)C(F)(F)F. The highest BCUT2D eigenvalue weighted by Gasteiger charge is 2.88. The fraction of sp³-hybridized carbons (Fsp3) is 0.900. The van der Waals surface area contributed by atoms with Gasteiger partial charge in [-0.3, -0.25) is 9.59 Å². The third kappa shape index (κ3) is 8.89. The number of carbonyl (C=O) groups excluding carboxylic acids is 2. The molecule has 0 saturated heterocycles. The minimum absolute atomic E-state index is 0.461. The second kappa shape index (κ2) is 14.1. The molecule has 0 saturated carbocycles. The normalized spacial score (nSPS) is 15.1. The Morgan fingerprint density at radius 3 is 0.851 bits per heavy atom. The topological polar surface area (TPSA) is 70.2 Å². The Kier molecular flexibility index (Phi) is 13.3. The molecule has 0 rings (SSSR count). The zero-order chi connectivity index (χ0) is 37.9. The lowest BCUT2D eigenvalue weighted by molar-refractivity contribution is -0.422. The lowest BCUT2D eigenvalue weighted by Crippen LogP contribution is -2.66. The van der Waals surface area contributed by atoms with Crippen molar-refractivity contribution in [1.82, 2.24) is 16.0 Å². The number of alkyl halides is 22. The number of halogens is 22. The summed E-state index contributed by atoms with van der Waals surface area (Å²) < 4.78 is 284. The summed E-state index contributed by atoms with van der Waals surface area (Å²) in [5.41, 5.74) is 0. The molecule has 0 bridgehead atoms. The molecule has 0 heterocycles. The van der Waals surface area contributed by atoms with Gasteiger partial charge in [0.15, 0.2) is 0 Å². The van der Waals surface area contributed by atoms with Crippen LogP contribution in [0.25, 0.3) is 0 Å². The van der Waals surface area contributed by atoms with Crippen molar-refractivity contribution in [2.75, 3.05) is 26.2 Å². The van der Waals surface area contributed by atoms with E-state index in [4.69, 9.17) is 0 Å². The van der Waals surface area contributed by atoms with Gasteiger partial charge in [0.2, 0.25) is 11.8 Å². The maximum atomic E-state index is 13.5. The first-order chi connectivity index (χ1) is 20.5. The van der Waals surface area contributed by atoms with Crippen molar-refractivity contribution in [2.45, 2.75) is 85.4 Å². The summed E-state index contributed by atoms with van der Waals surface area (Å²) in [4.78, 5) is 22.9. The van der Waals surface area contributed by atoms with Gasteiger partial charge in [0.25, 0.3) is 0 Å². The molecule has 0 atom stereocenters. The summed E-state index contributed by atoms with van der Waals surface area (Å²) in [5, 5.41) is 5.57. The maximum absolute atomic E-state index is 13.5. The Morgan fingerprint density at radius 2 is 0.617 bits per heavy atom. The van der Waals surface area contributed by atoms with Crippen LogP contribution in [0.15, 0.2) is 0 Å². The van der Waals surface area contributed by atoms with E-state index in [1.165, 1.54) is 0 Å². The van der Waals surface area contributed by atoms with Gasteiger partial charge in [-0.1, -0.05) is 0 Å². The Morgan fingerprint density at radius 1 is 0.362 bits per heavy atom. The number of carbonyl (C=O) groups is 2. The molecule has 47 heavy (non-hydrogen) atoms. The lowest BCUT2D eigenvalue weighted by atomic mass is 9.95. The fourth-order valence-corrected chi connectivity index (χ4v) is 2.95. The van der Waals surface area contributed by atoms with E-state index in [0.29, 0.717) is 0 Å². The molecular weight excluding hydrogens is 732 g/mol. The molecule has 0 radical (unpaired) electrons. The van der Waals surface area contributed by atoms with E-state index in [9.17, 15) is 106 Å². The van der Waals surface area contributed by atoms with E-state index in [1.807, 2.05) is 0 Å². The van der Waals surface area contributed by atoms with Crippen LogP contribution < -0.4 is 16.0 Å². The largest absolute Gasteiger partial charge is 0.460 e. The van der Waals surface area contributed by atoms with Crippen LogP contribution in [0.4, 0.5) is 96.6 Å². The average Bonchev–Trinajstić information content (AvgIpc) is 2.88. The first kappa shape index (κ1) is 44.4. The first-order valence-corrected chi connectivity index (χ1v) is 11.9. The van der Waals surface area contributed by atoms with Gasteiger partial charge in [0.05, 0.1) is 0 Å². The van der Waals surface area contributed by atoms with Gasteiger partial charge in [0.1, 0.15) is 0 Å². The Labute approximate surface area is 246 Å².